The van der Waals surface area contributed by atoms with Gasteiger partial charge in [0, 0.05) is 10.8 Å². The van der Waals surface area contributed by atoms with E-state index in [4.69, 9.17) is 10.00 Å². The lowest BCUT2D eigenvalue weighted by molar-refractivity contribution is -0.133. The van der Waals surface area contributed by atoms with Gasteiger partial charge in [-0.3, -0.25) is 0 Å². The molecule has 0 bridgehead atoms. The van der Waals surface area contributed by atoms with Crippen molar-refractivity contribution in [2.24, 2.45) is 10.8 Å². The number of nitriles is 1. The number of hydrogen-bond acceptors (Lipinski definition) is 2. The van der Waals surface area contributed by atoms with Crippen molar-refractivity contribution in [1.82, 2.24) is 0 Å². The van der Waals surface area contributed by atoms with Crippen LogP contribution in [0.15, 0.2) is 24.3 Å². The Bertz CT molecular complexity index is 454. The van der Waals surface area contributed by atoms with E-state index in [0.29, 0.717) is 11.3 Å². The summed E-state index contributed by atoms with van der Waals surface area (Å²) in [6, 6.07) is 9.63. The minimum atomic E-state index is 0.171. The molecule has 0 N–H and O–H groups in total. The quantitative estimate of drug-likeness (QED) is 0.773. The lowest BCUT2D eigenvalue weighted by Crippen LogP contribution is -2.58. The third-order valence-electron chi connectivity index (χ3n) is 3.58. The van der Waals surface area contributed by atoms with E-state index < -0.39 is 0 Å². The molecule has 2 heteroatoms. The zero-order chi connectivity index (χ0) is 12.7. The molecule has 0 unspecified atom stereocenters. The van der Waals surface area contributed by atoms with Gasteiger partial charge >= 0.3 is 0 Å². The van der Waals surface area contributed by atoms with Gasteiger partial charge in [0.15, 0.2) is 0 Å². The number of nitrogens with zero attached hydrogens (tertiary/aromatic N) is 1. The van der Waals surface area contributed by atoms with Crippen LogP contribution < -0.4 is 4.74 Å². The molecule has 1 saturated carbocycles. The summed E-state index contributed by atoms with van der Waals surface area (Å²) in [5.41, 5.74) is 0.990. The smallest absolute Gasteiger partial charge is 0.137 e. The zero-order valence-electron chi connectivity index (χ0n) is 10.9. The molecule has 2 rings (SSSR count). The lowest BCUT2D eigenvalue weighted by Gasteiger charge is -2.56. The van der Waals surface area contributed by atoms with Crippen LogP contribution in [0.1, 0.15) is 39.7 Å². The predicted octanol–water partition coefficient (Wildman–Crippen LogP) is 3.76. The molecule has 0 heterocycles. The first-order valence-electron chi connectivity index (χ1n) is 6.03. The molecule has 0 spiro atoms. The molecule has 0 radical (unpaired) electrons. The van der Waals surface area contributed by atoms with Gasteiger partial charge in [0.25, 0.3) is 0 Å². The van der Waals surface area contributed by atoms with Crippen LogP contribution in [-0.2, 0) is 0 Å². The predicted molar refractivity (Wildman–Crippen MR) is 67.8 cm³/mol. The zero-order valence-corrected chi connectivity index (χ0v) is 10.9. The van der Waals surface area contributed by atoms with Crippen molar-refractivity contribution in [2.75, 3.05) is 0 Å². The average molecular weight is 229 g/mol. The molecule has 90 valence electrons. The molecular weight excluding hydrogens is 210 g/mol. The van der Waals surface area contributed by atoms with Crippen molar-refractivity contribution >= 4 is 0 Å². The number of rotatable bonds is 2. The minimum Gasteiger partial charge on any atom is -0.488 e. The highest BCUT2D eigenvalue weighted by molar-refractivity contribution is 5.43. The van der Waals surface area contributed by atoms with Gasteiger partial charge in [0.2, 0.25) is 0 Å². The largest absolute Gasteiger partial charge is 0.488 e. The van der Waals surface area contributed by atoms with Gasteiger partial charge in [0.05, 0.1) is 5.56 Å². The maximum absolute atomic E-state index is 9.05. The minimum absolute atomic E-state index is 0.171. The third-order valence-corrected chi connectivity index (χ3v) is 3.58. The lowest BCUT2D eigenvalue weighted by atomic mass is 9.53. The van der Waals surface area contributed by atoms with Gasteiger partial charge in [-0.2, -0.15) is 5.26 Å². The highest BCUT2D eigenvalue weighted by Crippen LogP contribution is 2.55. The van der Waals surface area contributed by atoms with Crippen LogP contribution in [0, 0.1) is 22.2 Å². The first kappa shape index (κ1) is 12.0. The maximum Gasteiger partial charge on any atom is 0.137 e. The molecule has 2 nitrogen and oxygen atoms in total. The molecule has 1 aromatic rings. The Kier molecular flexibility index (Phi) is 2.66. The third kappa shape index (κ3) is 2.02. The molecule has 1 fully saturated rings. The van der Waals surface area contributed by atoms with Crippen LogP contribution in [0.3, 0.4) is 0 Å². The first-order chi connectivity index (χ1) is 7.87. The summed E-state index contributed by atoms with van der Waals surface area (Å²) in [5.74, 6) is 0.709. The van der Waals surface area contributed by atoms with Crippen LogP contribution in [0.25, 0.3) is 0 Å². The topological polar surface area (TPSA) is 33.0 Å². The van der Waals surface area contributed by atoms with Gasteiger partial charge in [-0.25, -0.2) is 0 Å². The summed E-state index contributed by atoms with van der Waals surface area (Å²) in [6.45, 7) is 8.88. The molecule has 0 saturated heterocycles. The summed E-state index contributed by atoms with van der Waals surface area (Å²) < 4.78 is 6.08. The highest BCUT2D eigenvalue weighted by Gasteiger charge is 2.55. The van der Waals surface area contributed by atoms with E-state index in [1.54, 1.807) is 6.07 Å². The van der Waals surface area contributed by atoms with Gasteiger partial charge in [0.1, 0.15) is 17.9 Å². The van der Waals surface area contributed by atoms with E-state index >= 15 is 0 Å². The SMILES string of the molecule is CC1(C)CC(C)(C)C1Oc1ccccc1C#N. The monoisotopic (exact) mass is 229 g/mol. The normalized spacial score (nSPS) is 21.4. The second-order valence-electron chi connectivity index (χ2n) is 6.26. The summed E-state index contributed by atoms with van der Waals surface area (Å²) in [4.78, 5) is 0. The molecule has 1 aliphatic carbocycles. The van der Waals surface area contributed by atoms with E-state index in [1.165, 1.54) is 0 Å². The van der Waals surface area contributed by atoms with Crippen LogP contribution in [0.2, 0.25) is 0 Å². The first-order valence-corrected chi connectivity index (χ1v) is 6.03. The Hall–Kier alpha value is -1.49. The second-order valence-corrected chi connectivity index (χ2v) is 6.26. The van der Waals surface area contributed by atoms with Gasteiger partial charge < -0.3 is 4.74 Å². The van der Waals surface area contributed by atoms with E-state index in [1.807, 2.05) is 18.2 Å². The van der Waals surface area contributed by atoms with Crippen molar-refractivity contribution < 1.29 is 4.74 Å². The van der Waals surface area contributed by atoms with Gasteiger partial charge in [-0.1, -0.05) is 39.8 Å². The van der Waals surface area contributed by atoms with E-state index in [2.05, 4.69) is 33.8 Å². The fourth-order valence-electron chi connectivity index (χ4n) is 3.39. The molecule has 0 aromatic heterocycles. The Labute approximate surface area is 103 Å². The molecular formula is C15H19NO. The van der Waals surface area contributed by atoms with Crippen LogP contribution in [-0.4, -0.2) is 6.10 Å². The van der Waals surface area contributed by atoms with E-state index in [0.717, 1.165) is 6.42 Å². The van der Waals surface area contributed by atoms with Crippen molar-refractivity contribution in [3.8, 4) is 11.8 Å². The summed E-state index contributed by atoms with van der Waals surface area (Å²) in [7, 11) is 0. The van der Waals surface area contributed by atoms with E-state index in [9.17, 15) is 0 Å². The van der Waals surface area contributed by atoms with Crippen molar-refractivity contribution in [3.05, 3.63) is 29.8 Å². The van der Waals surface area contributed by atoms with Crippen molar-refractivity contribution in [2.45, 2.75) is 40.2 Å². The molecule has 1 aliphatic rings. The Morgan fingerprint density at radius 2 is 1.76 bits per heavy atom. The summed E-state index contributed by atoms with van der Waals surface area (Å²) in [6.07, 6.45) is 1.32. The number of hydrogen-bond donors (Lipinski definition) is 0. The van der Waals surface area contributed by atoms with E-state index in [-0.39, 0.29) is 16.9 Å². The fraction of sp³-hybridized carbons (Fsp3) is 0.533. The molecule has 0 atom stereocenters. The van der Waals surface area contributed by atoms with Crippen LogP contribution >= 0.6 is 0 Å². The summed E-state index contributed by atoms with van der Waals surface area (Å²) >= 11 is 0. The Morgan fingerprint density at radius 1 is 1.18 bits per heavy atom. The van der Waals surface area contributed by atoms with Gasteiger partial charge in [-0.05, 0) is 18.6 Å². The average Bonchev–Trinajstić information content (AvgIpc) is 2.24. The van der Waals surface area contributed by atoms with Gasteiger partial charge in [-0.15, -0.1) is 0 Å². The Balaban J connectivity index is 2.24. The number of para-hydroxylation sites is 1. The number of ether oxygens (including phenoxy) is 1. The molecule has 0 amide bonds. The van der Waals surface area contributed by atoms with Crippen LogP contribution in [0.5, 0.6) is 5.75 Å². The molecule has 17 heavy (non-hydrogen) atoms. The Morgan fingerprint density at radius 3 is 2.29 bits per heavy atom. The standard InChI is InChI=1S/C15H19NO/c1-14(2)10-15(3,4)13(14)17-12-8-6-5-7-11(12)9-16/h5-8,13H,10H2,1-4H3. The van der Waals surface area contributed by atoms with Crippen molar-refractivity contribution in [3.63, 3.8) is 0 Å². The molecule has 0 aliphatic heterocycles. The van der Waals surface area contributed by atoms with Crippen molar-refractivity contribution in [1.29, 1.82) is 5.26 Å². The maximum atomic E-state index is 9.05. The second kappa shape index (κ2) is 3.77. The number of benzene rings is 1. The van der Waals surface area contributed by atoms with Crippen LogP contribution in [0.4, 0.5) is 0 Å². The molecule has 1 aromatic carbocycles. The summed E-state index contributed by atoms with van der Waals surface area (Å²) in [5, 5.41) is 9.05. The highest BCUT2D eigenvalue weighted by atomic mass is 16.5. The fourth-order valence-corrected chi connectivity index (χ4v) is 3.39.